The highest BCUT2D eigenvalue weighted by Gasteiger charge is 2.13. The summed E-state index contributed by atoms with van der Waals surface area (Å²) < 4.78 is 24.6. The van der Waals surface area contributed by atoms with Gasteiger partial charge in [-0.1, -0.05) is 48.5 Å². The molecule has 0 aliphatic carbocycles. The predicted octanol–water partition coefficient (Wildman–Crippen LogP) is 4.09. The van der Waals surface area contributed by atoms with Gasteiger partial charge in [0, 0.05) is 5.56 Å². The van der Waals surface area contributed by atoms with Crippen molar-refractivity contribution in [2.45, 2.75) is 6.61 Å². The van der Waals surface area contributed by atoms with Crippen molar-refractivity contribution >= 4 is 11.9 Å². The van der Waals surface area contributed by atoms with Gasteiger partial charge in [0.15, 0.2) is 0 Å². The second-order valence-electron chi connectivity index (χ2n) is 5.85. The van der Waals surface area contributed by atoms with Crippen LogP contribution in [0.25, 0.3) is 0 Å². The minimum absolute atomic E-state index is 0.0165. The van der Waals surface area contributed by atoms with Crippen LogP contribution in [0, 0.1) is 5.82 Å². The summed E-state index contributed by atoms with van der Waals surface area (Å²) in [7, 11) is 0. The molecule has 3 aromatic carbocycles. The van der Waals surface area contributed by atoms with Gasteiger partial charge in [0.05, 0.1) is 5.56 Å². The van der Waals surface area contributed by atoms with E-state index in [-0.39, 0.29) is 18.7 Å². The summed E-state index contributed by atoms with van der Waals surface area (Å²) >= 11 is 0. The molecule has 0 heterocycles. The lowest BCUT2D eigenvalue weighted by molar-refractivity contribution is -0.143. The van der Waals surface area contributed by atoms with Gasteiger partial charge in [0.2, 0.25) is 0 Å². The number of hydrogen-bond acceptors (Lipinski definition) is 4. The average molecular weight is 379 g/mol. The Labute approximate surface area is 161 Å². The zero-order valence-electron chi connectivity index (χ0n) is 14.9. The molecule has 3 rings (SSSR count). The number of nitrogens with one attached hydrogen (secondary N) is 1. The molecule has 0 saturated carbocycles. The second-order valence-corrected chi connectivity index (χ2v) is 5.85. The zero-order chi connectivity index (χ0) is 19.8. The van der Waals surface area contributed by atoms with Crippen LogP contribution in [-0.2, 0) is 16.1 Å². The van der Waals surface area contributed by atoms with Crippen molar-refractivity contribution < 1.29 is 23.5 Å². The zero-order valence-corrected chi connectivity index (χ0v) is 14.9. The van der Waals surface area contributed by atoms with E-state index in [1.54, 1.807) is 24.3 Å². The van der Waals surface area contributed by atoms with Gasteiger partial charge in [-0.05, 0) is 30.3 Å². The molecule has 0 saturated heterocycles. The van der Waals surface area contributed by atoms with Crippen molar-refractivity contribution in [3.05, 3.63) is 95.8 Å². The third kappa shape index (κ3) is 5.17. The second kappa shape index (κ2) is 9.32. The van der Waals surface area contributed by atoms with E-state index >= 15 is 0 Å². The number of para-hydroxylation sites is 2. The molecule has 0 aliphatic heterocycles. The van der Waals surface area contributed by atoms with Crippen molar-refractivity contribution in [2.75, 3.05) is 6.54 Å². The molecule has 0 radical (unpaired) electrons. The Kier molecular flexibility index (Phi) is 6.36. The number of carbonyl (C=O) groups excluding carboxylic acids is 2. The van der Waals surface area contributed by atoms with Gasteiger partial charge in [-0.15, -0.1) is 0 Å². The Balaban J connectivity index is 1.54. The number of carbonyl (C=O) groups is 2. The van der Waals surface area contributed by atoms with Crippen LogP contribution in [0.2, 0.25) is 0 Å². The van der Waals surface area contributed by atoms with E-state index in [0.29, 0.717) is 17.1 Å². The monoisotopic (exact) mass is 379 g/mol. The first-order valence-corrected chi connectivity index (χ1v) is 8.62. The molecule has 0 atom stereocenters. The van der Waals surface area contributed by atoms with Crippen molar-refractivity contribution in [1.29, 1.82) is 0 Å². The Hall–Kier alpha value is -3.67. The van der Waals surface area contributed by atoms with Crippen molar-refractivity contribution in [2.24, 2.45) is 0 Å². The van der Waals surface area contributed by atoms with Gasteiger partial charge in [-0.25, -0.2) is 4.39 Å². The topological polar surface area (TPSA) is 64.6 Å². The van der Waals surface area contributed by atoms with Gasteiger partial charge in [-0.2, -0.15) is 0 Å². The Morgan fingerprint density at radius 2 is 1.54 bits per heavy atom. The van der Waals surface area contributed by atoms with Crippen LogP contribution in [0.3, 0.4) is 0 Å². The molecule has 142 valence electrons. The largest absolute Gasteiger partial charge is 0.459 e. The smallest absolute Gasteiger partial charge is 0.325 e. The quantitative estimate of drug-likeness (QED) is 0.628. The molecule has 0 bridgehead atoms. The third-order valence-electron chi connectivity index (χ3n) is 3.84. The molecule has 28 heavy (non-hydrogen) atoms. The van der Waals surface area contributed by atoms with Gasteiger partial charge in [0.1, 0.15) is 30.5 Å². The van der Waals surface area contributed by atoms with E-state index in [0.717, 1.165) is 0 Å². The van der Waals surface area contributed by atoms with Crippen molar-refractivity contribution in [3.8, 4) is 11.5 Å². The van der Waals surface area contributed by atoms with Crippen LogP contribution in [0.5, 0.6) is 11.5 Å². The Morgan fingerprint density at radius 3 is 2.32 bits per heavy atom. The van der Waals surface area contributed by atoms with Crippen LogP contribution >= 0.6 is 0 Å². The maximum Gasteiger partial charge on any atom is 0.325 e. The molecule has 0 fully saturated rings. The maximum absolute atomic E-state index is 13.6. The van der Waals surface area contributed by atoms with E-state index in [1.807, 2.05) is 36.4 Å². The summed E-state index contributed by atoms with van der Waals surface area (Å²) in [5.41, 5.74) is 0.553. The SMILES string of the molecule is O=C(CNC(=O)c1ccccc1F)OCc1ccccc1Oc1ccccc1. The van der Waals surface area contributed by atoms with Crippen LogP contribution in [0.1, 0.15) is 15.9 Å². The molecular weight excluding hydrogens is 361 g/mol. The molecular formula is C22H18FNO4. The van der Waals surface area contributed by atoms with Gasteiger partial charge in [-0.3, -0.25) is 9.59 Å². The lowest BCUT2D eigenvalue weighted by Crippen LogP contribution is -2.31. The van der Waals surface area contributed by atoms with E-state index in [2.05, 4.69) is 5.32 Å². The maximum atomic E-state index is 13.6. The number of rotatable bonds is 7. The van der Waals surface area contributed by atoms with Gasteiger partial charge < -0.3 is 14.8 Å². The normalized spacial score (nSPS) is 10.2. The van der Waals surface area contributed by atoms with Crippen molar-refractivity contribution in [1.82, 2.24) is 5.32 Å². The van der Waals surface area contributed by atoms with E-state index < -0.39 is 17.7 Å². The molecule has 0 aliphatic rings. The summed E-state index contributed by atoms with van der Waals surface area (Å²) in [6.07, 6.45) is 0. The fourth-order valence-corrected chi connectivity index (χ4v) is 2.44. The summed E-state index contributed by atoms with van der Waals surface area (Å²) in [6.45, 7) is -0.383. The van der Waals surface area contributed by atoms with Crippen LogP contribution in [0.15, 0.2) is 78.9 Å². The lowest BCUT2D eigenvalue weighted by Gasteiger charge is -2.12. The lowest BCUT2D eigenvalue weighted by atomic mass is 10.2. The first kappa shape index (κ1) is 19.1. The number of amides is 1. The van der Waals surface area contributed by atoms with E-state index in [4.69, 9.17) is 9.47 Å². The van der Waals surface area contributed by atoms with Crippen LogP contribution in [0.4, 0.5) is 4.39 Å². The summed E-state index contributed by atoms with van der Waals surface area (Å²) in [5, 5.41) is 2.35. The molecule has 0 spiro atoms. The Bertz CT molecular complexity index is 960. The van der Waals surface area contributed by atoms with Crippen molar-refractivity contribution in [3.63, 3.8) is 0 Å². The van der Waals surface area contributed by atoms with E-state index in [9.17, 15) is 14.0 Å². The summed E-state index contributed by atoms with van der Waals surface area (Å²) in [6, 6.07) is 22.0. The first-order valence-electron chi connectivity index (χ1n) is 8.62. The van der Waals surface area contributed by atoms with Crippen LogP contribution in [-0.4, -0.2) is 18.4 Å². The third-order valence-corrected chi connectivity index (χ3v) is 3.84. The van der Waals surface area contributed by atoms with Gasteiger partial charge in [0.25, 0.3) is 5.91 Å². The molecule has 6 heteroatoms. The van der Waals surface area contributed by atoms with E-state index in [1.165, 1.54) is 18.2 Å². The van der Waals surface area contributed by atoms with Gasteiger partial charge >= 0.3 is 5.97 Å². The summed E-state index contributed by atoms with van der Waals surface area (Å²) in [5.74, 6) is -0.738. The average Bonchev–Trinajstić information content (AvgIpc) is 2.72. The number of hydrogen-bond donors (Lipinski definition) is 1. The molecule has 0 aromatic heterocycles. The molecule has 1 amide bonds. The van der Waals surface area contributed by atoms with Crippen LogP contribution < -0.4 is 10.1 Å². The fourth-order valence-electron chi connectivity index (χ4n) is 2.44. The highest BCUT2D eigenvalue weighted by Crippen LogP contribution is 2.25. The number of ether oxygens (including phenoxy) is 2. The Morgan fingerprint density at radius 1 is 0.857 bits per heavy atom. The minimum Gasteiger partial charge on any atom is -0.459 e. The molecule has 0 unspecified atom stereocenters. The number of halogens is 1. The molecule has 5 nitrogen and oxygen atoms in total. The first-order chi connectivity index (χ1) is 13.6. The molecule has 1 N–H and O–H groups in total. The highest BCUT2D eigenvalue weighted by molar-refractivity contribution is 5.96. The standard InChI is InChI=1S/C22H18FNO4/c23-19-12-6-5-11-18(19)22(26)24-14-21(25)27-15-16-8-4-7-13-20(16)28-17-9-2-1-3-10-17/h1-13H,14-15H2,(H,24,26). The number of esters is 1. The minimum atomic E-state index is -0.678. The fraction of sp³-hybridized carbons (Fsp3) is 0.0909. The predicted molar refractivity (Wildman–Crippen MR) is 101 cm³/mol. The summed E-state index contributed by atoms with van der Waals surface area (Å²) in [4.78, 5) is 23.9. The molecule has 3 aromatic rings. The number of benzene rings is 3. The highest BCUT2D eigenvalue weighted by atomic mass is 19.1.